The third-order valence-electron chi connectivity index (χ3n) is 4.13. The number of hydrogen-bond acceptors (Lipinski definition) is 5. The first-order valence-electron chi connectivity index (χ1n) is 8.13. The molecular weight excluding hydrogens is 330 g/mol. The Kier molecular flexibility index (Phi) is 3.72. The van der Waals surface area contributed by atoms with E-state index >= 15 is 0 Å². The third kappa shape index (κ3) is 2.71. The fourth-order valence-corrected chi connectivity index (χ4v) is 2.89. The third-order valence-corrected chi connectivity index (χ3v) is 4.13. The summed E-state index contributed by atoms with van der Waals surface area (Å²) in [5.74, 6) is 1.21. The van der Waals surface area contributed by atoms with Crippen molar-refractivity contribution < 1.29 is 4.79 Å². The summed E-state index contributed by atoms with van der Waals surface area (Å²) in [6, 6.07) is 12.8. The first kappa shape index (κ1) is 15.9. The van der Waals surface area contributed by atoms with E-state index in [2.05, 4.69) is 25.7 Å². The summed E-state index contributed by atoms with van der Waals surface area (Å²) in [5, 5.41) is 15.4. The molecule has 0 fully saturated rings. The van der Waals surface area contributed by atoms with Gasteiger partial charge in [-0.2, -0.15) is 5.10 Å². The van der Waals surface area contributed by atoms with E-state index in [1.54, 1.807) is 21.5 Å². The van der Waals surface area contributed by atoms with Crippen molar-refractivity contribution in [2.45, 2.75) is 13.8 Å². The van der Waals surface area contributed by atoms with E-state index in [1.165, 1.54) is 0 Å². The van der Waals surface area contributed by atoms with Crippen molar-refractivity contribution in [2.24, 2.45) is 7.05 Å². The molecule has 0 bridgehead atoms. The average Bonchev–Trinajstić information content (AvgIpc) is 3.17. The summed E-state index contributed by atoms with van der Waals surface area (Å²) >= 11 is 0. The number of aryl methyl sites for hydroxylation is 3. The predicted molar refractivity (Wildman–Crippen MR) is 97.3 cm³/mol. The van der Waals surface area contributed by atoms with Gasteiger partial charge in [-0.1, -0.05) is 17.3 Å². The number of para-hydroxylation sites is 2. The largest absolute Gasteiger partial charge is 0.320 e. The number of rotatable bonds is 3. The summed E-state index contributed by atoms with van der Waals surface area (Å²) in [4.78, 5) is 17.1. The molecule has 4 rings (SSSR count). The maximum Gasteiger partial charge on any atom is 0.255 e. The Morgan fingerprint density at radius 3 is 2.69 bits per heavy atom. The zero-order chi connectivity index (χ0) is 18.3. The lowest BCUT2D eigenvalue weighted by Gasteiger charge is -2.11. The topological polar surface area (TPSA) is 90.5 Å². The van der Waals surface area contributed by atoms with Gasteiger partial charge in [-0.15, -0.1) is 5.10 Å². The molecule has 8 heteroatoms. The molecule has 0 spiro atoms. The first-order valence-corrected chi connectivity index (χ1v) is 8.13. The molecule has 0 radical (unpaired) electrons. The van der Waals surface area contributed by atoms with E-state index in [-0.39, 0.29) is 5.91 Å². The van der Waals surface area contributed by atoms with Crippen molar-refractivity contribution in [2.75, 3.05) is 5.32 Å². The van der Waals surface area contributed by atoms with Crippen LogP contribution in [-0.4, -0.2) is 35.7 Å². The van der Waals surface area contributed by atoms with E-state index in [4.69, 9.17) is 0 Å². The fraction of sp³-hybridized carbons (Fsp3) is 0.167. The van der Waals surface area contributed by atoms with Gasteiger partial charge in [-0.3, -0.25) is 4.79 Å². The molecule has 4 aromatic rings. The van der Waals surface area contributed by atoms with Gasteiger partial charge in [-0.25, -0.2) is 14.3 Å². The molecule has 8 nitrogen and oxygen atoms in total. The number of nitrogens with one attached hydrogen (secondary N) is 1. The molecule has 0 aliphatic carbocycles. The Morgan fingerprint density at radius 2 is 1.92 bits per heavy atom. The minimum Gasteiger partial charge on any atom is -0.320 e. The molecule has 2 aromatic heterocycles. The summed E-state index contributed by atoms with van der Waals surface area (Å²) < 4.78 is 3.39. The van der Waals surface area contributed by atoms with Gasteiger partial charge in [0.25, 0.3) is 5.91 Å². The zero-order valence-corrected chi connectivity index (χ0v) is 14.6. The standard InChI is InChI=1S/C18H17N7O/c1-11-19-12(2)25(22-11)17-7-5-4-6-14(17)20-18(26)13-8-9-16-15(10-13)21-23-24(16)3/h4-10H,1-3H3,(H,20,26). The number of nitrogens with zero attached hydrogens (tertiary/aromatic N) is 6. The van der Waals surface area contributed by atoms with Crippen LogP contribution in [0.15, 0.2) is 42.5 Å². The Bertz CT molecular complexity index is 1130. The number of aromatic nitrogens is 6. The van der Waals surface area contributed by atoms with Gasteiger partial charge in [0.2, 0.25) is 0 Å². The van der Waals surface area contributed by atoms with Crippen LogP contribution in [-0.2, 0) is 7.05 Å². The minimum absolute atomic E-state index is 0.223. The molecule has 0 aliphatic heterocycles. The molecule has 26 heavy (non-hydrogen) atoms. The van der Waals surface area contributed by atoms with Crippen LogP contribution in [0, 0.1) is 13.8 Å². The lowest BCUT2D eigenvalue weighted by atomic mass is 10.1. The van der Waals surface area contributed by atoms with Crippen LogP contribution in [0.3, 0.4) is 0 Å². The molecule has 0 atom stereocenters. The van der Waals surface area contributed by atoms with Crippen LogP contribution in [0.4, 0.5) is 5.69 Å². The second kappa shape index (κ2) is 6.07. The lowest BCUT2D eigenvalue weighted by molar-refractivity contribution is 0.102. The van der Waals surface area contributed by atoms with Gasteiger partial charge in [0.15, 0.2) is 0 Å². The fourth-order valence-electron chi connectivity index (χ4n) is 2.89. The smallest absolute Gasteiger partial charge is 0.255 e. The number of benzene rings is 2. The van der Waals surface area contributed by atoms with Crippen LogP contribution < -0.4 is 5.32 Å². The molecule has 0 saturated heterocycles. The molecular formula is C18H17N7O. The summed E-state index contributed by atoms with van der Waals surface area (Å²) in [6.07, 6.45) is 0. The maximum absolute atomic E-state index is 12.7. The monoisotopic (exact) mass is 347 g/mol. The molecule has 0 saturated carbocycles. The quantitative estimate of drug-likeness (QED) is 0.615. The van der Waals surface area contributed by atoms with Crippen LogP contribution in [0.25, 0.3) is 16.7 Å². The molecule has 1 N–H and O–H groups in total. The minimum atomic E-state index is -0.223. The summed E-state index contributed by atoms with van der Waals surface area (Å²) in [6.45, 7) is 3.71. The van der Waals surface area contributed by atoms with Crippen LogP contribution >= 0.6 is 0 Å². The van der Waals surface area contributed by atoms with Gasteiger partial charge in [0, 0.05) is 12.6 Å². The normalized spacial score (nSPS) is 11.0. The number of fused-ring (bicyclic) bond motifs is 1. The Morgan fingerprint density at radius 1 is 1.12 bits per heavy atom. The van der Waals surface area contributed by atoms with Gasteiger partial charge in [0.1, 0.15) is 17.2 Å². The molecule has 2 heterocycles. The Hall–Kier alpha value is -3.55. The highest BCUT2D eigenvalue weighted by Gasteiger charge is 2.14. The van der Waals surface area contributed by atoms with Crippen LogP contribution in [0.2, 0.25) is 0 Å². The van der Waals surface area contributed by atoms with Crippen molar-refractivity contribution in [1.29, 1.82) is 0 Å². The lowest BCUT2D eigenvalue weighted by Crippen LogP contribution is -2.14. The Balaban J connectivity index is 1.68. The number of hydrogen-bond donors (Lipinski definition) is 1. The molecule has 130 valence electrons. The summed E-state index contributed by atoms with van der Waals surface area (Å²) in [7, 11) is 1.81. The SMILES string of the molecule is Cc1nc(C)n(-c2ccccc2NC(=O)c2ccc3c(c2)nnn3C)n1. The van der Waals surface area contributed by atoms with Crippen molar-refractivity contribution in [3.8, 4) is 5.69 Å². The van der Waals surface area contributed by atoms with Crippen LogP contribution in [0.5, 0.6) is 0 Å². The van der Waals surface area contributed by atoms with Crippen molar-refractivity contribution in [1.82, 2.24) is 29.8 Å². The first-order chi connectivity index (χ1) is 12.5. The van der Waals surface area contributed by atoms with Gasteiger partial charge in [-0.05, 0) is 44.2 Å². The van der Waals surface area contributed by atoms with Gasteiger partial charge < -0.3 is 5.32 Å². The molecule has 0 unspecified atom stereocenters. The Labute approximate surface area is 149 Å². The van der Waals surface area contributed by atoms with E-state index in [9.17, 15) is 4.79 Å². The van der Waals surface area contributed by atoms with Gasteiger partial charge >= 0.3 is 0 Å². The highest BCUT2D eigenvalue weighted by molar-refractivity contribution is 6.06. The van der Waals surface area contributed by atoms with E-state index < -0.39 is 0 Å². The maximum atomic E-state index is 12.7. The average molecular weight is 347 g/mol. The summed E-state index contributed by atoms with van der Waals surface area (Å²) in [5.41, 5.74) is 3.48. The van der Waals surface area contributed by atoms with Crippen LogP contribution in [0.1, 0.15) is 22.0 Å². The number of anilines is 1. The van der Waals surface area contributed by atoms with E-state index in [1.807, 2.05) is 51.2 Å². The highest BCUT2D eigenvalue weighted by atomic mass is 16.1. The van der Waals surface area contributed by atoms with E-state index in [0.717, 1.165) is 17.0 Å². The van der Waals surface area contributed by atoms with Crippen molar-refractivity contribution in [3.05, 3.63) is 59.7 Å². The predicted octanol–water partition coefficient (Wildman–Crippen LogP) is 2.42. The molecule has 2 aromatic carbocycles. The van der Waals surface area contributed by atoms with Gasteiger partial charge in [0.05, 0.1) is 16.9 Å². The number of carbonyl (C=O) groups excluding carboxylic acids is 1. The molecule has 0 aliphatic rings. The second-order valence-electron chi connectivity index (χ2n) is 6.01. The number of carbonyl (C=O) groups is 1. The van der Waals surface area contributed by atoms with Crippen molar-refractivity contribution >= 4 is 22.6 Å². The second-order valence-corrected chi connectivity index (χ2v) is 6.01. The zero-order valence-electron chi connectivity index (χ0n) is 14.6. The molecule has 1 amide bonds. The number of amides is 1. The van der Waals surface area contributed by atoms with Crippen molar-refractivity contribution in [3.63, 3.8) is 0 Å². The van der Waals surface area contributed by atoms with E-state index in [0.29, 0.717) is 22.6 Å². The highest BCUT2D eigenvalue weighted by Crippen LogP contribution is 2.22.